The Hall–Kier alpha value is -1.23. The largest absolute Gasteiger partial charge is 0.487 e. The van der Waals surface area contributed by atoms with Crippen molar-refractivity contribution in [1.82, 2.24) is 9.78 Å². The van der Waals surface area contributed by atoms with Crippen molar-refractivity contribution in [3.05, 3.63) is 45.7 Å². The Bertz CT molecular complexity index is 613. The number of ether oxygens (including phenoxy) is 1. The zero-order chi connectivity index (χ0) is 15.4. The summed E-state index contributed by atoms with van der Waals surface area (Å²) in [5.74, 6) is 0.647. The highest BCUT2D eigenvalue weighted by Crippen LogP contribution is 2.33. The number of rotatable bonds is 6. The zero-order valence-electron chi connectivity index (χ0n) is 12.1. The van der Waals surface area contributed by atoms with Crippen molar-refractivity contribution in [3.8, 4) is 5.75 Å². The van der Waals surface area contributed by atoms with Crippen LogP contribution in [0.4, 0.5) is 0 Å². The molecule has 4 nitrogen and oxygen atoms in total. The molecule has 2 rings (SSSR count). The second kappa shape index (κ2) is 7.16. The molecule has 0 fully saturated rings. The molecule has 114 valence electrons. The Balaban J connectivity index is 2.19. The number of hydrogen-bond acceptors (Lipinski definition) is 3. The van der Waals surface area contributed by atoms with Gasteiger partial charge < -0.3 is 10.5 Å². The van der Waals surface area contributed by atoms with E-state index < -0.39 is 0 Å². The molecule has 2 N–H and O–H groups in total. The van der Waals surface area contributed by atoms with Crippen molar-refractivity contribution in [2.75, 3.05) is 0 Å². The molecule has 1 unspecified atom stereocenters. The topological polar surface area (TPSA) is 53.1 Å². The molecule has 0 spiro atoms. The zero-order valence-corrected chi connectivity index (χ0v) is 13.7. The third kappa shape index (κ3) is 4.37. The minimum Gasteiger partial charge on any atom is -0.487 e. The molecular formula is C15H19Cl2N3O. The van der Waals surface area contributed by atoms with Crippen LogP contribution in [0.25, 0.3) is 0 Å². The normalized spacial score (nSPS) is 12.4. The van der Waals surface area contributed by atoms with Crippen LogP contribution < -0.4 is 10.5 Å². The van der Waals surface area contributed by atoms with E-state index in [0.717, 1.165) is 17.5 Å². The van der Waals surface area contributed by atoms with Crippen LogP contribution in [0.2, 0.25) is 10.0 Å². The Morgan fingerprint density at radius 3 is 2.76 bits per heavy atom. The van der Waals surface area contributed by atoms with Gasteiger partial charge in [0.25, 0.3) is 0 Å². The summed E-state index contributed by atoms with van der Waals surface area (Å²) in [4.78, 5) is 0. The number of halogens is 2. The van der Waals surface area contributed by atoms with Crippen LogP contribution in [0, 0.1) is 0 Å². The monoisotopic (exact) mass is 327 g/mol. The molecule has 21 heavy (non-hydrogen) atoms. The van der Waals surface area contributed by atoms with Crippen LogP contribution in [-0.2, 0) is 20.1 Å². The lowest BCUT2D eigenvalue weighted by Crippen LogP contribution is -2.21. The van der Waals surface area contributed by atoms with Gasteiger partial charge in [0.15, 0.2) is 0 Å². The molecule has 1 aromatic heterocycles. The fourth-order valence-corrected chi connectivity index (χ4v) is 2.65. The van der Waals surface area contributed by atoms with Crippen molar-refractivity contribution < 1.29 is 4.74 Å². The van der Waals surface area contributed by atoms with Gasteiger partial charge in [-0.15, -0.1) is 0 Å². The molecule has 0 saturated heterocycles. The van der Waals surface area contributed by atoms with Gasteiger partial charge in [-0.1, -0.05) is 30.1 Å². The molecule has 1 heterocycles. The first-order valence-electron chi connectivity index (χ1n) is 6.83. The van der Waals surface area contributed by atoms with Crippen molar-refractivity contribution in [1.29, 1.82) is 0 Å². The number of nitrogens with zero attached hydrogens (tertiary/aromatic N) is 2. The first kappa shape index (κ1) is 16.1. The second-order valence-corrected chi connectivity index (χ2v) is 5.90. The van der Waals surface area contributed by atoms with Crippen molar-refractivity contribution >= 4 is 23.2 Å². The highest BCUT2D eigenvalue weighted by Gasteiger charge is 2.14. The summed E-state index contributed by atoms with van der Waals surface area (Å²) >= 11 is 12.3. The summed E-state index contributed by atoms with van der Waals surface area (Å²) in [6, 6.07) is 3.60. The summed E-state index contributed by atoms with van der Waals surface area (Å²) < 4.78 is 7.60. The maximum absolute atomic E-state index is 6.26. The van der Waals surface area contributed by atoms with Crippen molar-refractivity contribution in [3.63, 3.8) is 0 Å². The third-order valence-corrected chi connectivity index (χ3v) is 3.73. The standard InChI is InChI=1S/C15H19Cl2N3O/c1-3-13(18)5-11-4-12(16)6-14(17)15(11)21-9-10-7-19-20(2)8-10/h4,6-8,13H,3,5,9,18H2,1-2H3. The number of aryl methyl sites for hydroxylation is 1. The van der Waals surface area contributed by atoms with Gasteiger partial charge in [-0.2, -0.15) is 5.10 Å². The van der Waals surface area contributed by atoms with E-state index in [1.807, 2.05) is 26.2 Å². The lowest BCUT2D eigenvalue weighted by atomic mass is 10.0. The summed E-state index contributed by atoms with van der Waals surface area (Å²) in [7, 11) is 1.87. The lowest BCUT2D eigenvalue weighted by Gasteiger charge is -2.16. The van der Waals surface area contributed by atoms with E-state index in [9.17, 15) is 0 Å². The van der Waals surface area contributed by atoms with Gasteiger partial charge >= 0.3 is 0 Å². The van der Waals surface area contributed by atoms with E-state index in [-0.39, 0.29) is 6.04 Å². The summed E-state index contributed by atoms with van der Waals surface area (Å²) in [5.41, 5.74) is 7.95. The SMILES string of the molecule is CCC(N)Cc1cc(Cl)cc(Cl)c1OCc1cnn(C)c1. The molecule has 6 heteroatoms. The van der Waals surface area contributed by atoms with Crippen LogP contribution in [0.15, 0.2) is 24.5 Å². The molecule has 0 saturated carbocycles. The molecule has 0 aliphatic heterocycles. The number of hydrogen-bond donors (Lipinski definition) is 1. The highest BCUT2D eigenvalue weighted by atomic mass is 35.5. The fourth-order valence-electron chi connectivity index (χ4n) is 2.06. The molecule has 1 aromatic carbocycles. The van der Waals surface area contributed by atoms with Crippen molar-refractivity contribution in [2.45, 2.75) is 32.4 Å². The van der Waals surface area contributed by atoms with E-state index in [4.69, 9.17) is 33.7 Å². The minimum absolute atomic E-state index is 0.0558. The molecule has 0 radical (unpaired) electrons. The first-order valence-corrected chi connectivity index (χ1v) is 7.59. The Morgan fingerprint density at radius 2 is 2.14 bits per heavy atom. The molecule has 0 aliphatic carbocycles. The van der Waals surface area contributed by atoms with E-state index >= 15 is 0 Å². The van der Waals surface area contributed by atoms with Gasteiger partial charge in [-0.05, 0) is 30.5 Å². The maximum Gasteiger partial charge on any atom is 0.141 e. The summed E-state index contributed by atoms with van der Waals surface area (Å²) in [6.07, 6.45) is 5.23. The van der Waals surface area contributed by atoms with Gasteiger partial charge in [0.1, 0.15) is 12.4 Å². The molecular weight excluding hydrogens is 309 g/mol. The van der Waals surface area contributed by atoms with E-state index in [2.05, 4.69) is 5.10 Å². The maximum atomic E-state index is 6.26. The van der Waals surface area contributed by atoms with Crippen molar-refractivity contribution in [2.24, 2.45) is 12.8 Å². The van der Waals surface area contributed by atoms with Crippen LogP contribution in [-0.4, -0.2) is 15.8 Å². The van der Waals surface area contributed by atoms with Crippen LogP contribution in [0.1, 0.15) is 24.5 Å². The lowest BCUT2D eigenvalue weighted by molar-refractivity contribution is 0.302. The smallest absolute Gasteiger partial charge is 0.141 e. The Labute approximate surface area is 134 Å². The molecule has 0 amide bonds. The van der Waals surface area contributed by atoms with Gasteiger partial charge in [0.2, 0.25) is 0 Å². The van der Waals surface area contributed by atoms with E-state index in [1.54, 1.807) is 16.9 Å². The third-order valence-electron chi connectivity index (χ3n) is 3.23. The molecule has 2 aromatic rings. The van der Waals surface area contributed by atoms with Crippen LogP contribution in [0.5, 0.6) is 5.75 Å². The van der Waals surface area contributed by atoms with E-state index in [0.29, 0.717) is 28.8 Å². The number of aromatic nitrogens is 2. The van der Waals surface area contributed by atoms with Gasteiger partial charge in [-0.3, -0.25) is 4.68 Å². The summed E-state index contributed by atoms with van der Waals surface area (Å²) in [6.45, 7) is 2.45. The van der Waals surface area contributed by atoms with Gasteiger partial charge in [0, 0.05) is 29.9 Å². The second-order valence-electron chi connectivity index (χ2n) is 5.06. The van der Waals surface area contributed by atoms with Crippen LogP contribution in [0.3, 0.4) is 0 Å². The van der Waals surface area contributed by atoms with Gasteiger partial charge in [0.05, 0.1) is 11.2 Å². The Morgan fingerprint density at radius 1 is 1.38 bits per heavy atom. The van der Waals surface area contributed by atoms with Crippen LogP contribution >= 0.6 is 23.2 Å². The minimum atomic E-state index is 0.0558. The highest BCUT2D eigenvalue weighted by molar-refractivity contribution is 6.35. The predicted molar refractivity (Wildman–Crippen MR) is 86.0 cm³/mol. The average molecular weight is 328 g/mol. The number of benzene rings is 1. The quantitative estimate of drug-likeness (QED) is 0.882. The number of nitrogens with two attached hydrogens (primary N) is 1. The van der Waals surface area contributed by atoms with Gasteiger partial charge in [-0.25, -0.2) is 0 Å². The Kier molecular flexibility index (Phi) is 5.51. The summed E-state index contributed by atoms with van der Waals surface area (Å²) in [5, 5.41) is 5.21. The average Bonchev–Trinajstić information content (AvgIpc) is 2.83. The first-order chi connectivity index (χ1) is 9.99. The molecule has 0 bridgehead atoms. The predicted octanol–water partition coefficient (Wildman–Crippen LogP) is 3.59. The van der Waals surface area contributed by atoms with E-state index in [1.165, 1.54) is 0 Å². The fraction of sp³-hybridized carbons (Fsp3) is 0.400. The molecule has 1 atom stereocenters. The molecule has 0 aliphatic rings.